The molecule has 0 radical (unpaired) electrons. The lowest BCUT2D eigenvalue weighted by Crippen LogP contribution is -2.36. The van der Waals surface area contributed by atoms with Gasteiger partial charge in [0.15, 0.2) is 0 Å². The fourth-order valence-electron chi connectivity index (χ4n) is 3.87. The van der Waals surface area contributed by atoms with Gasteiger partial charge in [-0.15, -0.1) is 0 Å². The number of hydrogen-bond acceptors (Lipinski definition) is 2. The summed E-state index contributed by atoms with van der Waals surface area (Å²) in [5.74, 6) is 0.587. The second kappa shape index (κ2) is 7.91. The largest absolute Gasteiger partial charge is 0.337 e. The zero-order chi connectivity index (χ0) is 16.1. The Bertz CT molecular complexity index is 511. The zero-order valence-corrected chi connectivity index (χ0v) is 13.8. The van der Waals surface area contributed by atoms with Crippen LogP contribution in [0.3, 0.4) is 0 Å². The fourth-order valence-corrected chi connectivity index (χ4v) is 3.87. The summed E-state index contributed by atoms with van der Waals surface area (Å²) >= 11 is 0. The average molecular weight is 318 g/mol. The second-order valence-corrected chi connectivity index (χ2v) is 6.96. The highest BCUT2D eigenvalue weighted by Crippen LogP contribution is 2.24. The summed E-state index contributed by atoms with van der Waals surface area (Å²) in [6, 6.07) is 5.89. The summed E-state index contributed by atoms with van der Waals surface area (Å²) in [6.45, 7) is 4.83. The van der Waals surface area contributed by atoms with Crippen LogP contribution in [-0.4, -0.2) is 48.4 Å². The smallest absolute Gasteiger partial charge is 0.253 e. The van der Waals surface area contributed by atoms with Gasteiger partial charge in [0.05, 0.1) is 0 Å². The predicted molar refractivity (Wildman–Crippen MR) is 89.9 cm³/mol. The molecule has 0 spiro atoms. The van der Waals surface area contributed by atoms with Crippen LogP contribution in [0, 0.1) is 11.7 Å². The first-order valence-electron chi connectivity index (χ1n) is 8.99. The first-order valence-corrected chi connectivity index (χ1v) is 8.99. The van der Waals surface area contributed by atoms with Crippen molar-refractivity contribution in [2.75, 3.05) is 32.7 Å². The molecule has 1 aromatic rings. The molecule has 1 saturated heterocycles. The van der Waals surface area contributed by atoms with Crippen molar-refractivity contribution in [2.24, 2.45) is 5.92 Å². The zero-order valence-electron chi connectivity index (χ0n) is 13.8. The van der Waals surface area contributed by atoms with Crippen molar-refractivity contribution < 1.29 is 9.18 Å². The van der Waals surface area contributed by atoms with Crippen LogP contribution >= 0.6 is 0 Å². The van der Waals surface area contributed by atoms with E-state index in [9.17, 15) is 9.18 Å². The van der Waals surface area contributed by atoms with Crippen LogP contribution in [0.1, 0.15) is 48.9 Å². The van der Waals surface area contributed by atoms with Crippen molar-refractivity contribution in [2.45, 2.75) is 38.5 Å². The molecule has 0 bridgehead atoms. The van der Waals surface area contributed by atoms with E-state index in [-0.39, 0.29) is 11.7 Å². The Balaban J connectivity index is 1.53. The molecule has 0 N–H and O–H groups in total. The Kier molecular flexibility index (Phi) is 5.65. The van der Waals surface area contributed by atoms with Crippen molar-refractivity contribution >= 4 is 5.91 Å². The minimum atomic E-state index is -0.295. The van der Waals surface area contributed by atoms with E-state index in [2.05, 4.69) is 4.90 Å². The van der Waals surface area contributed by atoms with E-state index in [1.54, 1.807) is 12.1 Å². The number of carbonyl (C=O) groups is 1. The van der Waals surface area contributed by atoms with E-state index in [1.807, 2.05) is 4.90 Å². The maximum absolute atomic E-state index is 13.0. The molecule has 2 aliphatic rings. The summed E-state index contributed by atoms with van der Waals surface area (Å²) in [4.78, 5) is 17.0. The molecule has 0 aromatic heterocycles. The van der Waals surface area contributed by atoms with Crippen LogP contribution in [0.5, 0.6) is 0 Å². The summed E-state index contributed by atoms with van der Waals surface area (Å²) in [5, 5.41) is 0. The normalized spacial score (nSPS) is 21.2. The molecule has 1 aliphatic carbocycles. The molecule has 1 aromatic carbocycles. The lowest BCUT2D eigenvalue weighted by atomic mass is 9.89. The molecular formula is C19H27FN2O. The molecule has 1 heterocycles. The maximum atomic E-state index is 13.0. The molecule has 1 saturated carbocycles. The van der Waals surface area contributed by atoms with E-state index in [4.69, 9.17) is 0 Å². The third-order valence-corrected chi connectivity index (χ3v) is 5.21. The highest BCUT2D eigenvalue weighted by molar-refractivity contribution is 5.94. The predicted octanol–water partition coefficient (Wildman–Crippen LogP) is 3.55. The number of nitrogens with zero attached hydrogens (tertiary/aromatic N) is 2. The second-order valence-electron chi connectivity index (χ2n) is 6.96. The van der Waals surface area contributed by atoms with Crippen molar-refractivity contribution in [3.05, 3.63) is 35.6 Å². The third kappa shape index (κ3) is 4.54. The van der Waals surface area contributed by atoms with Gasteiger partial charge in [0.2, 0.25) is 0 Å². The van der Waals surface area contributed by atoms with Gasteiger partial charge in [-0.2, -0.15) is 0 Å². The van der Waals surface area contributed by atoms with Crippen molar-refractivity contribution in [1.82, 2.24) is 9.80 Å². The van der Waals surface area contributed by atoms with E-state index < -0.39 is 0 Å². The molecular weight excluding hydrogens is 291 g/mol. The first kappa shape index (κ1) is 16.4. The maximum Gasteiger partial charge on any atom is 0.253 e. The van der Waals surface area contributed by atoms with Gasteiger partial charge >= 0.3 is 0 Å². The van der Waals surface area contributed by atoms with Crippen LogP contribution in [0.2, 0.25) is 0 Å². The number of amides is 1. The topological polar surface area (TPSA) is 23.6 Å². The molecule has 3 rings (SSSR count). The number of hydrogen-bond donors (Lipinski definition) is 0. The van der Waals surface area contributed by atoms with E-state index in [0.717, 1.165) is 38.5 Å². The van der Waals surface area contributed by atoms with Crippen LogP contribution < -0.4 is 0 Å². The first-order chi connectivity index (χ1) is 11.2. The van der Waals surface area contributed by atoms with Gasteiger partial charge in [-0.3, -0.25) is 4.79 Å². The fraction of sp³-hybridized carbons (Fsp3) is 0.632. The van der Waals surface area contributed by atoms with Crippen molar-refractivity contribution in [3.63, 3.8) is 0 Å². The van der Waals surface area contributed by atoms with E-state index >= 15 is 0 Å². The highest BCUT2D eigenvalue weighted by Gasteiger charge is 2.22. The lowest BCUT2D eigenvalue weighted by Gasteiger charge is -2.28. The molecule has 23 heavy (non-hydrogen) atoms. The highest BCUT2D eigenvalue weighted by atomic mass is 19.1. The van der Waals surface area contributed by atoms with Crippen molar-refractivity contribution in [1.29, 1.82) is 0 Å². The van der Waals surface area contributed by atoms with Gasteiger partial charge in [-0.1, -0.05) is 19.3 Å². The Labute approximate surface area is 138 Å². The molecule has 1 amide bonds. The Hall–Kier alpha value is -1.42. The number of halogens is 1. The number of rotatable bonds is 3. The summed E-state index contributed by atoms with van der Waals surface area (Å²) in [7, 11) is 0. The van der Waals surface area contributed by atoms with Gasteiger partial charge < -0.3 is 9.80 Å². The van der Waals surface area contributed by atoms with Gasteiger partial charge in [-0.05, 0) is 56.0 Å². The van der Waals surface area contributed by atoms with E-state index in [1.165, 1.54) is 50.8 Å². The molecule has 126 valence electrons. The van der Waals surface area contributed by atoms with Gasteiger partial charge in [0.1, 0.15) is 5.82 Å². The van der Waals surface area contributed by atoms with Crippen molar-refractivity contribution in [3.8, 4) is 0 Å². The van der Waals surface area contributed by atoms with Crippen LogP contribution in [-0.2, 0) is 0 Å². The van der Waals surface area contributed by atoms with Gasteiger partial charge in [-0.25, -0.2) is 4.39 Å². The Morgan fingerprint density at radius 2 is 1.70 bits per heavy atom. The molecule has 3 nitrogen and oxygen atoms in total. The number of carbonyl (C=O) groups excluding carboxylic acids is 1. The van der Waals surface area contributed by atoms with Crippen LogP contribution in [0.4, 0.5) is 4.39 Å². The van der Waals surface area contributed by atoms with E-state index in [0.29, 0.717) is 5.56 Å². The summed E-state index contributed by atoms with van der Waals surface area (Å²) in [6.07, 6.45) is 7.93. The average Bonchev–Trinajstić information content (AvgIpc) is 2.81. The molecule has 1 aliphatic heterocycles. The SMILES string of the molecule is O=C(c1ccc(F)cc1)N1CCCN(CC2CCCCC2)CC1. The summed E-state index contributed by atoms with van der Waals surface area (Å²) < 4.78 is 13.0. The number of benzene rings is 1. The van der Waals surface area contributed by atoms with Gasteiger partial charge in [0.25, 0.3) is 5.91 Å². The minimum absolute atomic E-state index is 0.0320. The van der Waals surface area contributed by atoms with Gasteiger partial charge in [0, 0.05) is 31.7 Å². The molecule has 2 fully saturated rings. The molecule has 0 unspecified atom stereocenters. The quantitative estimate of drug-likeness (QED) is 0.851. The Morgan fingerprint density at radius 3 is 2.43 bits per heavy atom. The summed E-state index contributed by atoms with van der Waals surface area (Å²) in [5.41, 5.74) is 0.590. The standard InChI is InChI=1S/C19H27FN2O/c20-18-9-7-17(8-10-18)19(23)22-12-4-11-21(13-14-22)15-16-5-2-1-3-6-16/h7-10,16H,1-6,11-15H2. The lowest BCUT2D eigenvalue weighted by molar-refractivity contribution is 0.0760. The monoisotopic (exact) mass is 318 g/mol. The Morgan fingerprint density at radius 1 is 0.957 bits per heavy atom. The third-order valence-electron chi connectivity index (χ3n) is 5.21. The van der Waals surface area contributed by atoms with Crippen LogP contribution in [0.25, 0.3) is 0 Å². The minimum Gasteiger partial charge on any atom is -0.337 e. The molecule has 0 atom stereocenters. The van der Waals surface area contributed by atoms with Crippen LogP contribution in [0.15, 0.2) is 24.3 Å². The molecule has 4 heteroatoms.